The minimum atomic E-state index is -0.667. The third-order valence-corrected chi connectivity index (χ3v) is 2.75. The van der Waals surface area contributed by atoms with Crippen LogP contribution < -0.4 is 10.6 Å². The number of ether oxygens (including phenoxy) is 1. The molecule has 0 radical (unpaired) electrons. The van der Waals surface area contributed by atoms with Crippen LogP contribution in [-0.2, 0) is 9.53 Å². The van der Waals surface area contributed by atoms with Crippen LogP contribution in [0.5, 0.6) is 0 Å². The number of benzene rings is 1. The van der Waals surface area contributed by atoms with Crippen LogP contribution in [0.4, 0.5) is 11.4 Å². The fraction of sp³-hybridized carbons (Fsp3) is 0.385. The molecule has 0 saturated heterocycles. The van der Waals surface area contributed by atoms with Gasteiger partial charge in [0.1, 0.15) is 0 Å². The van der Waals surface area contributed by atoms with Gasteiger partial charge in [-0.1, -0.05) is 0 Å². The van der Waals surface area contributed by atoms with Crippen LogP contribution in [0.1, 0.15) is 22.8 Å². The van der Waals surface area contributed by atoms with E-state index < -0.39 is 10.9 Å². The van der Waals surface area contributed by atoms with Crippen molar-refractivity contribution in [2.75, 3.05) is 25.5 Å². The number of esters is 1. The average Bonchev–Trinajstić information content (AvgIpc) is 2.42. The van der Waals surface area contributed by atoms with Crippen LogP contribution in [0.2, 0.25) is 0 Å². The van der Waals surface area contributed by atoms with Crippen LogP contribution in [0.25, 0.3) is 0 Å². The summed E-state index contributed by atoms with van der Waals surface area (Å²) in [7, 11) is 1.20. The molecule has 0 fully saturated rings. The van der Waals surface area contributed by atoms with Crippen molar-refractivity contribution in [3.8, 4) is 0 Å². The first kappa shape index (κ1) is 16.4. The van der Waals surface area contributed by atoms with E-state index in [1.807, 2.05) is 0 Å². The third kappa shape index (κ3) is 4.44. The number of amides is 1. The molecule has 0 aliphatic carbocycles. The predicted molar refractivity (Wildman–Crippen MR) is 76.3 cm³/mol. The van der Waals surface area contributed by atoms with E-state index in [9.17, 15) is 19.7 Å². The van der Waals surface area contributed by atoms with Gasteiger partial charge in [-0.15, -0.1) is 0 Å². The predicted octanol–water partition coefficient (Wildman–Crippen LogP) is 1.24. The van der Waals surface area contributed by atoms with Gasteiger partial charge >= 0.3 is 5.97 Å². The molecule has 21 heavy (non-hydrogen) atoms. The Bertz CT molecular complexity index is 571. The number of rotatable bonds is 6. The molecule has 1 aromatic rings. The Balaban J connectivity index is 3.00. The topological polar surface area (TPSA) is 111 Å². The lowest BCUT2D eigenvalue weighted by Crippen LogP contribution is -2.26. The van der Waals surface area contributed by atoms with Crippen LogP contribution in [0, 0.1) is 17.0 Å². The molecule has 8 nitrogen and oxygen atoms in total. The molecule has 0 heterocycles. The highest BCUT2D eigenvalue weighted by molar-refractivity contribution is 5.96. The number of anilines is 1. The number of carbonyl (C=O) groups excluding carboxylic acids is 2. The number of nitrogens with zero attached hydrogens (tertiary/aromatic N) is 1. The fourth-order valence-electron chi connectivity index (χ4n) is 1.75. The maximum Gasteiger partial charge on any atom is 0.340 e. The van der Waals surface area contributed by atoms with Crippen molar-refractivity contribution in [3.63, 3.8) is 0 Å². The van der Waals surface area contributed by atoms with E-state index in [0.717, 1.165) is 0 Å². The van der Waals surface area contributed by atoms with Crippen molar-refractivity contribution in [2.45, 2.75) is 13.8 Å². The molecule has 1 amide bonds. The second kappa shape index (κ2) is 7.22. The molecule has 114 valence electrons. The van der Waals surface area contributed by atoms with E-state index in [0.29, 0.717) is 24.3 Å². The summed E-state index contributed by atoms with van der Waals surface area (Å²) in [5.74, 6) is -0.829. The highest BCUT2D eigenvalue weighted by Gasteiger charge is 2.20. The van der Waals surface area contributed by atoms with Gasteiger partial charge in [-0.2, -0.15) is 0 Å². The number of carbonyl (C=O) groups is 2. The van der Waals surface area contributed by atoms with Gasteiger partial charge in [0.2, 0.25) is 5.91 Å². The zero-order chi connectivity index (χ0) is 16.0. The van der Waals surface area contributed by atoms with Gasteiger partial charge < -0.3 is 15.4 Å². The Morgan fingerprint density at radius 3 is 2.52 bits per heavy atom. The molecule has 1 rings (SSSR count). The summed E-state index contributed by atoms with van der Waals surface area (Å²) in [4.78, 5) is 32.8. The first-order valence-electron chi connectivity index (χ1n) is 6.22. The molecular weight excluding hydrogens is 278 g/mol. The number of nitro benzene ring substituents is 1. The summed E-state index contributed by atoms with van der Waals surface area (Å²) in [6, 6.07) is 2.69. The van der Waals surface area contributed by atoms with Crippen molar-refractivity contribution in [1.82, 2.24) is 5.32 Å². The smallest absolute Gasteiger partial charge is 0.340 e. The Morgan fingerprint density at radius 2 is 2.00 bits per heavy atom. The van der Waals surface area contributed by atoms with Crippen LogP contribution >= 0.6 is 0 Å². The molecule has 2 N–H and O–H groups in total. The number of nitrogens with one attached hydrogen (secondary N) is 2. The minimum absolute atomic E-state index is 0.0811. The van der Waals surface area contributed by atoms with Gasteiger partial charge in [0, 0.05) is 37.3 Å². The summed E-state index contributed by atoms with van der Waals surface area (Å²) >= 11 is 0. The SMILES string of the molecule is COC(=O)c1cc([N+](=O)[O-])c(C)cc1NCCNC(C)=O. The number of nitro groups is 1. The zero-order valence-electron chi connectivity index (χ0n) is 12.1. The van der Waals surface area contributed by atoms with Crippen molar-refractivity contribution in [1.29, 1.82) is 0 Å². The standard InChI is InChI=1S/C13H17N3O5/c1-8-6-11(15-5-4-14-9(2)17)10(13(18)21-3)7-12(8)16(19)20/h6-7,15H,4-5H2,1-3H3,(H,14,17). The molecule has 1 aromatic carbocycles. The molecule has 0 aromatic heterocycles. The molecule has 8 heteroatoms. The van der Waals surface area contributed by atoms with E-state index in [4.69, 9.17) is 0 Å². The van der Waals surface area contributed by atoms with E-state index in [-0.39, 0.29) is 17.2 Å². The minimum Gasteiger partial charge on any atom is -0.465 e. The largest absolute Gasteiger partial charge is 0.465 e. The van der Waals surface area contributed by atoms with Gasteiger partial charge in [-0.25, -0.2) is 4.79 Å². The van der Waals surface area contributed by atoms with E-state index in [2.05, 4.69) is 15.4 Å². The Morgan fingerprint density at radius 1 is 1.33 bits per heavy atom. The molecule has 0 spiro atoms. The highest BCUT2D eigenvalue weighted by Crippen LogP contribution is 2.27. The quantitative estimate of drug-likeness (QED) is 0.353. The number of aryl methyl sites for hydroxylation is 1. The second-order valence-corrected chi connectivity index (χ2v) is 4.34. The number of hydrogen-bond acceptors (Lipinski definition) is 6. The molecule has 0 unspecified atom stereocenters. The summed E-state index contributed by atoms with van der Waals surface area (Å²) in [5.41, 5.74) is 0.783. The van der Waals surface area contributed by atoms with Crippen LogP contribution in [-0.4, -0.2) is 37.0 Å². The Kier molecular flexibility index (Phi) is 5.65. The zero-order valence-corrected chi connectivity index (χ0v) is 12.1. The summed E-state index contributed by atoms with van der Waals surface area (Å²) in [5, 5.41) is 16.5. The Hall–Kier alpha value is -2.64. The highest BCUT2D eigenvalue weighted by atomic mass is 16.6. The van der Waals surface area contributed by atoms with Crippen molar-refractivity contribution in [2.24, 2.45) is 0 Å². The van der Waals surface area contributed by atoms with E-state index in [1.165, 1.54) is 26.2 Å². The molecule has 0 aliphatic rings. The van der Waals surface area contributed by atoms with Crippen LogP contribution in [0.3, 0.4) is 0 Å². The lowest BCUT2D eigenvalue weighted by atomic mass is 10.1. The lowest BCUT2D eigenvalue weighted by Gasteiger charge is -2.12. The average molecular weight is 295 g/mol. The van der Waals surface area contributed by atoms with Gasteiger partial charge in [-0.05, 0) is 13.0 Å². The van der Waals surface area contributed by atoms with Crippen molar-refractivity contribution in [3.05, 3.63) is 33.4 Å². The molecule has 0 bridgehead atoms. The first-order chi connectivity index (χ1) is 9.86. The molecule has 0 saturated carbocycles. The summed E-state index contributed by atoms with van der Waals surface area (Å²) in [6.45, 7) is 3.72. The fourth-order valence-corrected chi connectivity index (χ4v) is 1.75. The summed E-state index contributed by atoms with van der Waals surface area (Å²) in [6.07, 6.45) is 0. The maximum absolute atomic E-state index is 11.7. The molecule has 0 aliphatic heterocycles. The lowest BCUT2D eigenvalue weighted by molar-refractivity contribution is -0.385. The van der Waals surface area contributed by atoms with Gasteiger partial charge in [0.15, 0.2) is 0 Å². The molecular formula is C13H17N3O5. The monoisotopic (exact) mass is 295 g/mol. The van der Waals surface area contributed by atoms with Gasteiger partial charge in [0.05, 0.1) is 17.6 Å². The van der Waals surface area contributed by atoms with Crippen molar-refractivity contribution < 1.29 is 19.2 Å². The van der Waals surface area contributed by atoms with Gasteiger partial charge in [0.25, 0.3) is 5.69 Å². The number of hydrogen-bond donors (Lipinski definition) is 2. The third-order valence-electron chi connectivity index (χ3n) is 2.75. The molecule has 0 atom stereocenters. The van der Waals surface area contributed by atoms with Crippen LogP contribution in [0.15, 0.2) is 12.1 Å². The van der Waals surface area contributed by atoms with E-state index >= 15 is 0 Å². The number of methoxy groups -OCH3 is 1. The maximum atomic E-state index is 11.7. The normalized spacial score (nSPS) is 9.86. The van der Waals surface area contributed by atoms with E-state index in [1.54, 1.807) is 6.92 Å². The first-order valence-corrected chi connectivity index (χ1v) is 6.22. The van der Waals surface area contributed by atoms with Crippen molar-refractivity contribution >= 4 is 23.3 Å². The second-order valence-electron chi connectivity index (χ2n) is 4.34. The Labute approximate surface area is 121 Å². The van der Waals surface area contributed by atoms with Gasteiger partial charge in [-0.3, -0.25) is 14.9 Å². The summed E-state index contributed by atoms with van der Waals surface area (Å²) < 4.78 is 4.62.